The van der Waals surface area contributed by atoms with Crippen molar-refractivity contribution in [1.29, 1.82) is 0 Å². The van der Waals surface area contributed by atoms with Crippen LogP contribution < -0.4 is 5.32 Å². The Bertz CT molecular complexity index is 566. The number of nitrogens with one attached hydrogen (secondary N) is 1. The van der Waals surface area contributed by atoms with Gasteiger partial charge in [0.25, 0.3) is 0 Å². The minimum atomic E-state index is -0.934. The molecule has 1 aromatic carbocycles. The smallest absolute Gasteiger partial charge is 0.335 e. The summed E-state index contributed by atoms with van der Waals surface area (Å²) in [5.41, 5.74) is 1.24. The summed E-state index contributed by atoms with van der Waals surface area (Å²) in [6.07, 6.45) is 5.26. The van der Waals surface area contributed by atoms with E-state index in [0.29, 0.717) is 25.4 Å². The van der Waals surface area contributed by atoms with Gasteiger partial charge in [-0.1, -0.05) is 38.8 Å². The summed E-state index contributed by atoms with van der Waals surface area (Å²) in [6, 6.07) is 6.90. The number of ether oxygens (including phenoxy) is 1. The minimum Gasteiger partial charge on any atom is -0.478 e. The molecule has 1 fully saturated rings. The van der Waals surface area contributed by atoms with Gasteiger partial charge in [0.1, 0.15) is 0 Å². The molecule has 5 nitrogen and oxygen atoms in total. The van der Waals surface area contributed by atoms with Gasteiger partial charge in [0.15, 0.2) is 0 Å². The van der Waals surface area contributed by atoms with E-state index in [-0.39, 0.29) is 23.6 Å². The van der Waals surface area contributed by atoms with Crippen molar-refractivity contribution in [2.75, 3.05) is 6.61 Å². The lowest BCUT2D eigenvalue weighted by molar-refractivity contribution is -0.123. The molecule has 138 valence electrons. The number of hydrogen-bond donors (Lipinski definition) is 2. The lowest BCUT2D eigenvalue weighted by Gasteiger charge is -2.34. The first-order chi connectivity index (χ1) is 12.0. The standard InChI is InChI=1S/C20H29NO4/c1-3-15(4-2)18-13-17(11-12-25-18)21-19(22)10-7-14-5-8-16(9-6-14)20(23)24/h5-6,8-9,15,17-18H,3-4,7,10-13H2,1-2H3,(H,21,22)(H,23,24). The van der Waals surface area contributed by atoms with Gasteiger partial charge in [-0.25, -0.2) is 4.79 Å². The van der Waals surface area contributed by atoms with E-state index in [1.807, 2.05) is 0 Å². The lowest BCUT2D eigenvalue weighted by Crippen LogP contribution is -2.44. The van der Waals surface area contributed by atoms with Gasteiger partial charge in [-0.2, -0.15) is 0 Å². The first-order valence-corrected chi connectivity index (χ1v) is 9.26. The number of carbonyl (C=O) groups excluding carboxylic acids is 1. The van der Waals surface area contributed by atoms with E-state index in [4.69, 9.17) is 9.84 Å². The van der Waals surface area contributed by atoms with E-state index < -0.39 is 5.97 Å². The first kappa shape index (κ1) is 19.4. The molecule has 1 amide bonds. The van der Waals surface area contributed by atoms with Gasteiger partial charge >= 0.3 is 5.97 Å². The Hall–Kier alpha value is -1.88. The SMILES string of the molecule is CCC(CC)C1CC(NC(=O)CCc2ccc(C(=O)O)cc2)CCO1. The van der Waals surface area contributed by atoms with Crippen LogP contribution in [0.5, 0.6) is 0 Å². The maximum Gasteiger partial charge on any atom is 0.335 e. The summed E-state index contributed by atoms with van der Waals surface area (Å²) in [5.74, 6) is -0.319. The van der Waals surface area contributed by atoms with Crippen molar-refractivity contribution in [2.45, 2.75) is 64.5 Å². The summed E-state index contributed by atoms with van der Waals surface area (Å²) in [7, 11) is 0. The van der Waals surface area contributed by atoms with Gasteiger partial charge in [-0.3, -0.25) is 4.79 Å². The molecule has 1 aliphatic heterocycles. The number of rotatable bonds is 8. The molecular weight excluding hydrogens is 318 g/mol. The first-order valence-electron chi connectivity index (χ1n) is 9.26. The molecule has 2 N–H and O–H groups in total. The third-order valence-corrected chi connectivity index (χ3v) is 5.10. The molecule has 0 aromatic heterocycles. The summed E-state index contributed by atoms with van der Waals surface area (Å²) >= 11 is 0. The van der Waals surface area contributed by atoms with Crippen LogP contribution in [0.25, 0.3) is 0 Å². The second-order valence-corrected chi connectivity index (χ2v) is 6.78. The highest BCUT2D eigenvalue weighted by atomic mass is 16.5. The maximum atomic E-state index is 12.2. The predicted molar refractivity (Wildman–Crippen MR) is 96.7 cm³/mol. The van der Waals surface area contributed by atoms with Crippen LogP contribution in [0.4, 0.5) is 0 Å². The number of carbonyl (C=O) groups is 2. The van der Waals surface area contributed by atoms with Crippen molar-refractivity contribution >= 4 is 11.9 Å². The zero-order valence-electron chi connectivity index (χ0n) is 15.2. The van der Waals surface area contributed by atoms with Crippen molar-refractivity contribution in [3.8, 4) is 0 Å². The third kappa shape index (κ3) is 5.85. The van der Waals surface area contributed by atoms with Crippen molar-refractivity contribution in [3.63, 3.8) is 0 Å². The molecule has 1 aromatic rings. The Morgan fingerprint density at radius 2 is 1.92 bits per heavy atom. The zero-order valence-corrected chi connectivity index (χ0v) is 15.2. The molecule has 0 bridgehead atoms. The second kappa shape index (κ2) is 9.56. The van der Waals surface area contributed by atoms with Crippen molar-refractivity contribution < 1.29 is 19.4 Å². The highest BCUT2D eigenvalue weighted by Crippen LogP contribution is 2.25. The van der Waals surface area contributed by atoms with E-state index in [1.54, 1.807) is 24.3 Å². The molecule has 25 heavy (non-hydrogen) atoms. The van der Waals surface area contributed by atoms with Crippen LogP contribution in [0, 0.1) is 5.92 Å². The number of hydrogen-bond acceptors (Lipinski definition) is 3. The summed E-state index contributed by atoms with van der Waals surface area (Å²) in [4.78, 5) is 23.1. The van der Waals surface area contributed by atoms with Gasteiger partial charge in [-0.05, 0) is 42.9 Å². The van der Waals surface area contributed by atoms with Crippen LogP contribution in [0.1, 0.15) is 61.9 Å². The van der Waals surface area contributed by atoms with E-state index in [9.17, 15) is 9.59 Å². The fourth-order valence-corrected chi connectivity index (χ4v) is 3.47. The summed E-state index contributed by atoms with van der Waals surface area (Å²) in [5, 5.41) is 12.0. The Balaban J connectivity index is 1.78. The Labute approximate surface area is 149 Å². The molecule has 1 saturated heterocycles. The quantitative estimate of drug-likeness (QED) is 0.755. The number of aryl methyl sites for hydroxylation is 1. The number of carboxylic acids is 1. The van der Waals surface area contributed by atoms with Crippen LogP contribution in [0.3, 0.4) is 0 Å². The molecule has 2 unspecified atom stereocenters. The molecule has 5 heteroatoms. The highest BCUT2D eigenvalue weighted by Gasteiger charge is 2.28. The maximum absolute atomic E-state index is 12.2. The molecule has 0 radical (unpaired) electrons. The van der Waals surface area contributed by atoms with E-state index in [2.05, 4.69) is 19.2 Å². The molecule has 1 aliphatic rings. The van der Waals surface area contributed by atoms with Crippen LogP contribution in [0.2, 0.25) is 0 Å². The number of amides is 1. The average molecular weight is 347 g/mol. The van der Waals surface area contributed by atoms with E-state index in [1.165, 1.54) is 0 Å². The van der Waals surface area contributed by atoms with E-state index in [0.717, 1.165) is 31.2 Å². The van der Waals surface area contributed by atoms with E-state index >= 15 is 0 Å². The summed E-state index contributed by atoms with van der Waals surface area (Å²) < 4.78 is 5.89. The normalized spacial score (nSPS) is 20.4. The monoisotopic (exact) mass is 347 g/mol. The Morgan fingerprint density at radius 1 is 1.24 bits per heavy atom. The van der Waals surface area contributed by atoms with Crippen LogP contribution in [-0.2, 0) is 16.0 Å². The lowest BCUT2D eigenvalue weighted by atomic mass is 9.89. The molecule has 0 spiro atoms. The van der Waals surface area contributed by atoms with Crippen LogP contribution in [0.15, 0.2) is 24.3 Å². The van der Waals surface area contributed by atoms with Crippen molar-refractivity contribution in [2.24, 2.45) is 5.92 Å². The average Bonchev–Trinajstić information content (AvgIpc) is 2.62. The largest absolute Gasteiger partial charge is 0.478 e. The minimum absolute atomic E-state index is 0.0532. The molecule has 2 rings (SSSR count). The molecule has 2 atom stereocenters. The number of carboxylic acid groups (broad SMARTS) is 1. The van der Waals surface area contributed by atoms with Gasteiger partial charge in [0.2, 0.25) is 5.91 Å². The molecular formula is C20H29NO4. The third-order valence-electron chi connectivity index (χ3n) is 5.10. The second-order valence-electron chi connectivity index (χ2n) is 6.78. The Kier molecular flexibility index (Phi) is 7.44. The molecule has 1 heterocycles. The van der Waals surface area contributed by atoms with Gasteiger partial charge in [0.05, 0.1) is 11.7 Å². The topological polar surface area (TPSA) is 75.6 Å². The summed E-state index contributed by atoms with van der Waals surface area (Å²) in [6.45, 7) is 5.09. The highest BCUT2D eigenvalue weighted by molar-refractivity contribution is 5.87. The zero-order chi connectivity index (χ0) is 18.2. The fraction of sp³-hybridized carbons (Fsp3) is 0.600. The number of benzene rings is 1. The predicted octanol–water partition coefficient (Wildman–Crippen LogP) is 3.42. The fourth-order valence-electron chi connectivity index (χ4n) is 3.47. The van der Waals surface area contributed by atoms with Crippen LogP contribution >= 0.6 is 0 Å². The van der Waals surface area contributed by atoms with Gasteiger partial charge in [-0.15, -0.1) is 0 Å². The molecule has 0 saturated carbocycles. The Morgan fingerprint density at radius 3 is 2.52 bits per heavy atom. The van der Waals surface area contributed by atoms with Gasteiger partial charge < -0.3 is 15.2 Å². The van der Waals surface area contributed by atoms with Crippen LogP contribution in [-0.4, -0.2) is 35.7 Å². The van der Waals surface area contributed by atoms with Gasteiger partial charge in [0, 0.05) is 19.1 Å². The van der Waals surface area contributed by atoms with Crippen molar-refractivity contribution in [1.82, 2.24) is 5.32 Å². The molecule has 0 aliphatic carbocycles. The van der Waals surface area contributed by atoms with Crippen molar-refractivity contribution in [3.05, 3.63) is 35.4 Å². The number of aromatic carboxylic acids is 1.